The molecular formula is C11H19F2NOS. The molecule has 16 heavy (non-hydrogen) atoms. The number of halogens is 2. The van der Waals surface area contributed by atoms with Crippen molar-refractivity contribution in [1.82, 2.24) is 0 Å². The van der Waals surface area contributed by atoms with Crippen molar-refractivity contribution in [3.63, 3.8) is 0 Å². The first-order valence-electron chi connectivity index (χ1n) is 5.70. The van der Waals surface area contributed by atoms with Crippen LogP contribution in [-0.2, 0) is 0 Å². The quantitative estimate of drug-likeness (QED) is 0.802. The minimum Gasteiger partial charge on any atom is -0.388 e. The van der Waals surface area contributed by atoms with Crippen LogP contribution in [0.3, 0.4) is 0 Å². The molecule has 2 fully saturated rings. The SMILES string of the molecule is NC1(C2(O)CC(CF)(CF)C2)CCCSC1. The van der Waals surface area contributed by atoms with Crippen molar-refractivity contribution in [3.05, 3.63) is 0 Å². The number of alkyl halides is 2. The molecule has 0 spiro atoms. The Bertz CT molecular complexity index is 257. The van der Waals surface area contributed by atoms with Crippen molar-refractivity contribution >= 4 is 11.8 Å². The largest absolute Gasteiger partial charge is 0.388 e. The summed E-state index contributed by atoms with van der Waals surface area (Å²) in [4.78, 5) is 0. The molecule has 0 aromatic carbocycles. The average molecular weight is 251 g/mol. The predicted molar refractivity (Wildman–Crippen MR) is 62.0 cm³/mol. The van der Waals surface area contributed by atoms with Crippen molar-refractivity contribution in [1.29, 1.82) is 0 Å². The van der Waals surface area contributed by atoms with Gasteiger partial charge in [0.2, 0.25) is 0 Å². The van der Waals surface area contributed by atoms with Crippen molar-refractivity contribution in [2.75, 3.05) is 24.9 Å². The lowest BCUT2D eigenvalue weighted by molar-refractivity contribution is -0.181. The molecule has 0 bridgehead atoms. The number of rotatable bonds is 3. The lowest BCUT2D eigenvalue weighted by Crippen LogP contribution is -2.72. The second-order valence-electron chi connectivity index (χ2n) is 5.46. The van der Waals surface area contributed by atoms with Gasteiger partial charge in [-0.15, -0.1) is 0 Å². The zero-order valence-corrected chi connectivity index (χ0v) is 10.2. The summed E-state index contributed by atoms with van der Waals surface area (Å²) in [5.74, 6) is 1.75. The van der Waals surface area contributed by atoms with Crippen LogP contribution in [0, 0.1) is 5.41 Å². The lowest BCUT2D eigenvalue weighted by Gasteiger charge is -2.59. The summed E-state index contributed by atoms with van der Waals surface area (Å²) in [5, 5.41) is 10.4. The van der Waals surface area contributed by atoms with Crippen LogP contribution in [0.1, 0.15) is 25.7 Å². The van der Waals surface area contributed by atoms with Gasteiger partial charge in [-0.05, 0) is 31.4 Å². The molecule has 2 rings (SSSR count). The fourth-order valence-electron chi connectivity index (χ4n) is 2.95. The van der Waals surface area contributed by atoms with Gasteiger partial charge in [-0.1, -0.05) is 0 Å². The van der Waals surface area contributed by atoms with E-state index in [0.29, 0.717) is 5.75 Å². The number of hydrogen-bond donors (Lipinski definition) is 2. The Balaban J connectivity index is 2.05. The third-order valence-electron chi connectivity index (χ3n) is 4.10. The van der Waals surface area contributed by atoms with E-state index in [1.807, 2.05) is 0 Å². The van der Waals surface area contributed by atoms with E-state index in [2.05, 4.69) is 0 Å². The van der Waals surface area contributed by atoms with E-state index in [1.54, 1.807) is 11.8 Å². The van der Waals surface area contributed by atoms with Gasteiger partial charge < -0.3 is 10.8 Å². The van der Waals surface area contributed by atoms with Crippen molar-refractivity contribution in [2.24, 2.45) is 11.1 Å². The van der Waals surface area contributed by atoms with Gasteiger partial charge in [0, 0.05) is 11.2 Å². The van der Waals surface area contributed by atoms with Gasteiger partial charge in [0.05, 0.1) is 24.5 Å². The first kappa shape index (κ1) is 12.6. The molecule has 1 heterocycles. The predicted octanol–water partition coefficient (Wildman–Crippen LogP) is 1.66. The highest BCUT2D eigenvalue weighted by molar-refractivity contribution is 7.99. The van der Waals surface area contributed by atoms with E-state index in [9.17, 15) is 13.9 Å². The van der Waals surface area contributed by atoms with Crippen molar-refractivity contribution in [2.45, 2.75) is 36.8 Å². The van der Waals surface area contributed by atoms with Crippen LogP contribution in [0.15, 0.2) is 0 Å². The Morgan fingerprint density at radius 2 is 1.88 bits per heavy atom. The highest BCUT2D eigenvalue weighted by Gasteiger charge is 2.62. The molecule has 0 radical (unpaired) electrons. The normalized spacial score (nSPS) is 36.8. The smallest absolute Gasteiger partial charge is 0.0977 e. The van der Waals surface area contributed by atoms with E-state index < -0.39 is 29.9 Å². The number of hydrogen-bond acceptors (Lipinski definition) is 3. The first-order valence-corrected chi connectivity index (χ1v) is 6.86. The van der Waals surface area contributed by atoms with E-state index >= 15 is 0 Å². The van der Waals surface area contributed by atoms with Crippen LogP contribution in [0.25, 0.3) is 0 Å². The van der Waals surface area contributed by atoms with Gasteiger partial charge >= 0.3 is 0 Å². The molecule has 94 valence electrons. The van der Waals surface area contributed by atoms with Gasteiger partial charge in [-0.25, -0.2) is 0 Å². The van der Waals surface area contributed by atoms with Gasteiger partial charge in [-0.3, -0.25) is 8.78 Å². The Kier molecular flexibility index (Phi) is 3.23. The Hall–Kier alpha value is 0.130. The minimum atomic E-state index is -1.06. The lowest BCUT2D eigenvalue weighted by atomic mass is 9.53. The standard InChI is InChI=1S/C11H19F2NOS/c12-6-9(7-13)4-11(15,5-9)10(14)2-1-3-16-8-10/h15H,1-8,14H2. The third-order valence-corrected chi connectivity index (χ3v) is 5.40. The monoisotopic (exact) mass is 251 g/mol. The molecule has 2 nitrogen and oxygen atoms in total. The highest BCUT2D eigenvalue weighted by Crippen LogP contribution is 2.55. The highest BCUT2D eigenvalue weighted by atomic mass is 32.2. The second kappa shape index (κ2) is 4.10. The molecular weight excluding hydrogens is 232 g/mol. The van der Waals surface area contributed by atoms with Gasteiger partial charge in [-0.2, -0.15) is 11.8 Å². The minimum absolute atomic E-state index is 0.171. The van der Waals surface area contributed by atoms with E-state index in [1.165, 1.54) is 0 Å². The Labute approximate surface area is 99.0 Å². The molecule has 3 N–H and O–H groups in total. The molecule has 1 saturated carbocycles. The molecule has 1 atom stereocenters. The zero-order chi connectivity index (χ0) is 11.9. The Morgan fingerprint density at radius 3 is 2.31 bits per heavy atom. The number of thioether (sulfide) groups is 1. The van der Waals surface area contributed by atoms with Gasteiger partial charge in [0.25, 0.3) is 0 Å². The van der Waals surface area contributed by atoms with Gasteiger partial charge in [0.15, 0.2) is 0 Å². The molecule has 0 aromatic heterocycles. The molecule has 1 aliphatic heterocycles. The van der Waals surface area contributed by atoms with E-state index in [-0.39, 0.29) is 12.8 Å². The summed E-state index contributed by atoms with van der Waals surface area (Å²) in [6.07, 6.45) is 2.07. The summed E-state index contributed by atoms with van der Waals surface area (Å²) < 4.78 is 25.5. The Morgan fingerprint density at radius 1 is 1.25 bits per heavy atom. The summed E-state index contributed by atoms with van der Waals surface area (Å²) in [5.41, 5.74) is 3.55. The maximum Gasteiger partial charge on any atom is 0.0977 e. The number of aliphatic hydroxyl groups is 1. The fourth-order valence-corrected chi connectivity index (χ4v) is 4.22. The summed E-state index contributed by atoms with van der Waals surface area (Å²) >= 11 is 1.72. The van der Waals surface area contributed by atoms with Gasteiger partial charge in [0.1, 0.15) is 0 Å². The molecule has 1 aliphatic carbocycles. The maximum absolute atomic E-state index is 12.7. The molecule has 5 heteroatoms. The van der Waals surface area contributed by atoms with Crippen LogP contribution in [0.2, 0.25) is 0 Å². The topological polar surface area (TPSA) is 46.2 Å². The van der Waals surface area contributed by atoms with Crippen LogP contribution < -0.4 is 5.73 Å². The second-order valence-corrected chi connectivity index (χ2v) is 6.57. The summed E-state index contributed by atoms with van der Waals surface area (Å²) in [6, 6.07) is 0. The summed E-state index contributed by atoms with van der Waals surface area (Å²) in [7, 11) is 0. The van der Waals surface area contributed by atoms with Crippen LogP contribution in [0.4, 0.5) is 8.78 Å². The molecule has 1 unspecified atom stereocenters. The van der Waals surface area contributed by atoms with E-state index in [0.717, 1.165) is 18.6 Å². The summed E-state index contributed by atoms with van der Waals surface area (Å²) in [6.45, 7) is -1.40. The third kappa shape index (κ3) is 1.77. The van der Waals surface area contributed by atoms with Crippen LogP contribution in [-0.4, -0.2) is 41.1 Å². The first-order chi connectivity index (χ1) is 7.49. The zero-order valence-electron chi connectivity index (χ0n) is 9.35. The van der Waals surface area contributed by atoms with Crippen molar-refractivity contribution in [3.8, 4) is 0 Å². The molecule has 2 aliphatic rings. The molecule has 1 saturated heterocycles. The van der Waals surface area contributed by atoms with E-state index in [4.69, 9.17) is 5.73 Å². The maximum atomic E-state index is 12.7. The average Bonchev–Trinajstić information content (AvgIpc) is 2.25. The molecule has 0 amide bonds. The number of nitrogens with two attached hydrogens (primary N) is 1. The van der Waals surface area contributed by atoms with Crippen LogP contribution >= 0.6 is 11.8 Å². The van der Waals surface area contributed by atoms with Crippen molar-refractivity contribution < 1.29 is 13.9 Å². The fraction of sp³-hybridized carbons (Fsp3) is 1.00. The molecule has 0 aromatic rings. The van der Waals surface area contributed by atoms with Crippen LogP contribution in [0.5, 0.6) is 0 Å².